The second-order valence-corrected chi connectivity index (χ2v) is 3.09. The van der Waals surface area contributed by atoms with Gasteiger partial charge in [0, 0.05) is 5.39 Å². The third kappa shape index (κ3) is 1.02. The molecule has 0 radical (unpaired) electrons. The minimum atomic E-state index is 0.990. The smallest absolute Gasteiger partial charge is 0.134 e. The molecule has 0 unspecified atom stereocenters. The van der Waals surface area contributed by atoms with E-state index >= 15 is 0 Å². The summed E-state index contributed by atoms with van der Waals surface area (Å²) in [6.45, 7) is 4.30. The van der Waals surface area contributed by atoms with Gasteiger partial charge in [0.15, 0.2) is 0 Å². The molecule has 0 atom stereocenters. The van der Waals surface area contributed by atoms with Crippen LogP contribution in [-0.2, 0) is 6.42 Å². The summed E-state index contributed by atoms with van der Waals surface area (Å²) in [5.74, 6) is 0. The maximum Gasteiger partial charge on any atom is 0.134 e. The molecule has 0 aliphatic rings. The standard InChI is InChI=1S/C11H12O/c1-3-9-7-10-4-5-12-11(10)6-8(9)2/h4-7H,3H2,1-2H3. The van der Waals surface area contributed by atoms with Crippen LogP contribution in [0.15, 0.2) is 28.9 Å². The van der Waals surface area contributed by atoms with Gasteiger partial charge < -0.3 is 4.42 Å². The molecule has 1 heterocycles. The molecule has 12 heavy (non-hydrogen) atoms. The molecular formula is C11H12O. The molecule has 0 fully saturated rings. The minimum Gasteiger partial charge on any atom is -0.464 e. The van der Waals surface area contributed by atoms with Crippen LogP contribution in [0.4, 0.5) is 0 Å². The van der Waals surface area contributed by atoms with Crippen molar-refractivity contribution >= 4 is 11.0 Å². The first-order valence-electron chi connectivity index (χ1n) is 4.28. The average molecular weight is 160 g/mol. The van der Waals surface area contributed by atoms with Crippen molar-refractivity contribution in [2.24, 2.45) is 0 Å². The summed E-state index contributed by atoms with van der Waals surface area (Å²) in [6.07, 6.45) is 2.83. The molecule has 1 nitrogen and oxygen atoms in total. The number of furan rings is 1. The zero-order valence-electron chi connectivity index (χ0n) is 7.42. The molecule has 2 rings (SSSR count). The molecule has 62 valence electrons. The van der Waals surface area contributed by atoms with Gasteiger partial charge in [-0.2, -0.15) is 0 Å². The Bertz CT molecular complexity index is 398. The predicted octanol–water partition coefficient (Wildman–Crippen LogP) is 3.30. The summed E-state index contributed by atoms with van der Waals surface area (Å²) >= 11 is 0. The van der Waals surface area contributed by atoms with Crippen LogP contribution >= 0.6 is 0 Å². The van der Waals surface area contributed by atoms with Gasteiger partial charge in [-0.25, -0.2) is 0 Å². The van der Waals surface area contributed by atoms with Crippen LogP contribution in [0.2, 0.25) is 0 Å². The Labute approximate surface area is 72.0 Å². The van der Waals surface area contributed by atoms with Crippen LogP contribution in [0, 0.1) is 6.92 Å². The van der Waals surface area contributed by atoms with Gasteiger partial charge in [-0.15, -0.1) is 0 Å². The average Bonchev–Trinajstić information content (AvgIpc) is 2.49. The van der Waals surface area contributed by atoms with E-state index in [0.29, 0.717) is 0 Å². The van der Waals surface area contributed by atoms with Gasteiger partial charge in [0.25, 0.3) is 0 Å². The molecule has 0 aliphatic heterocycles. The number of fused-ring (bicyclic) bond motifs is 1. The van der Waals surface area contributed by atoms with Crippen molar-refractivity contribution in [1.82, 2.24) is 0 Å². The zero-order valence-corrected chi connectivity index (χ0v) is 7.42. The Morgan fingerprint density at radius 3 is 2.92 bits per heavy atom. The van der Waals surface area contributed by atoms with Gasteiger partial charge in [-0.1, -0.05) is 6.92 Å². The largest absolute Gasteiger partial charge is 0.464 e. The summed E-state index contributed by atoms with van der Waals surface area (Å²) in [5, 5.41) is 1.21. The van der Waals surface area contributed by atoms with Crippen LogP contribution in [0.25, 0.3) is 11.0 Å². The molecule has 0 bridgehead atoms. The summed E-state index contributed by atoms with van der Waals surface area (Å²) in [4.78, 5) is 0. The highest BCUT2D eigenvalue weighted by atomic mass is 16.3. The van der Waals surface area contributed by atoms with Gasteiger partial charge >= 0.3 is 0 Å². The van der Waals surface area contributed by atoms with E-state index in [4.69, 9.17) is 4.42 Å². The van der Waals surface area contributed by atoms with Gasteiger partial charge in [0.05, 0.1) is 6.26 Å². The third-order valence-electron chi connectivity index (χ3n) is 2.29. The minimum absolute atomic E-state index is 0.990. The number of hydrogen-bond acceptors (Lipinski definition) is 1. The van der Waals surface area contributed by atoms with Crippen molar-refractivity contribution in [2.45, 2.75) is 20.3 Å². The molecule has 0 N–H and O–H groups in total. The number of aryl methyl sites for hydroxylation is 2. The Morgan fingerprint density at radius 2 is 2.17 bits per heavy atom. The zero-order chi connectivity index (χ0) is 8.55. The lowest BCUT2D eigenvalue weighted by atomic mass is 10.0. The first-order valence-corrected chi connectivity index (χ1v) is 4.28. The monoisotopic (exact) mass is 160 g/mol. The molecule has 1 heteroatoms. The molecule has 0 saturated heterocycles. The van der Waals surface area contributed by atoms with Crippen molar-refractivity contribution in [1.29, 1.82) is 0 Å². The molecule has 2 aromatic rings. The van der Waals surface area contributed by atoms with E-state index in [0.717, 1.165) is 12.0 Å². The fraction of sp³-hybridized carbons (Fsp3) is 0.273. The lowest BCUT2D eigenvalue weighted by molar-refractivity contribution is 0.615. The second-order valence-electron chi connectivity index (χ2n) is 3.09. The van der Waals surface area contributed by atoms with Crippen LogP contribution in [0.3, 0.4) is 0 Å². The van der Waals surface area contributed by atoms with Crippen molar-refractivity contribution in [3.63, 3.8) is 0 Å². The van der Waals surface area contributed by atoms with Crippen molar-refractivity contribution in [2.75, 3.05) is 0 Å². The van der Waals surface area contributed by atoms with Gasteiger partial charge in [0.2, 0.25) is 0 Å². The molecule has 0 saturated carbocycles. The van der Waals surface area contributed by atoms with E-state index in [1.54, 1.807) is 6.26 Å². The number of hydrogen-bond donors (Lipinski definition) is 0. The van der Waals surface area contributed by atoms with E-state index < -0.39 is 0 Å². The molecular weight excluding hydrogens is 148 g/mol. The van der Waals surface area contributed by atoms with Crippen molar-refractivity contribution in [3.05, 3.63) is 35.6 Å². The fourth-order valence-electron chi connectivity index (χ4n) is 1.54. The molecule has 0 amide bonds. The Hall–Kier alpha value is -1.24. The Balaban J connectivity index is 2.73. The molecule has 0 aliphatic carbocycles. The molecule has 1 aromatic heterocycles. The SMILES string of the molecule is CCc1cc2ccoc2cc1C. The maximum atomic E-state index is 5.30. The Morgan fingerprint density at radius 1 is 1.33 bits per heavy atom. The highest BCUT2D eigenvalue weighted by Crippen LogP contribution is 2.20. The first kappa shape index (κ1) is 7.41. The molecule has 0 spiro atoms. The lowest BCUT2D eigenvalue weighted by Gasteiger charge is -2.01. The van der Waals surface area contributed by atoms with E-state index in [1.807, 2.05) is 6.07 Å². The summed E-state index contributed by atoms with van der Waals surface area (Å²) < 4.78 is 5.30. The topological polar surface area (TPSA) is 13.1 Å². The highest BCUT2D eigenvalue weighted by Gasteiger charge is 2.00. The highest BCUT2D eigenvalue weighted by molar-refractivity contribution is 5.78. The number of benzene rings is 1. The normalized spacial score (nSPS) is 10.8. The maximum absolute atomic E-state index is 5.30. The van der Waals surface area contributed by atoms with E-state index in [2.05, 4.69) is 26.0 Å². The summed E-state index contributed by atoms with van der Waals surface area (Å²) in [6, 6.07) is 6.32. The van der Waals surface area contributed by atoms with Gasteiger partial charge in [-0.05, 0) is 42.7 Å². The molecule has 1 aromatic carbocycles. The van der Waals surface area contributed by atoms with Crippen LogP contribution < -0.4 is 0 Å². The third-order valence-corrected chi connectivity index (χ3v) is 2.29. The fourth-order valence-corrected chi connectivity index (χ4v) is 1.54. The predicted molar refractivity (Wildman–Crippen MR) is 50.3 cm³/mol. The van der Waals surface area contributed by atoms with Crippen molar-refractivity contribution in [3.8, 4) is 0 Å². The number of rotatable bonds is 1. The van der Waals surface area contributed by atoms with Crippen LogP contribution in [0.5, 0.6) is 0 Å². The first-order chi connectivity index (χ1) is 5.81. The van der Waals surface area contributed by atoms with Gasteiger partial charge in [0.1, 0.15) is 5.58 Å². The second kappa shape index (κ2) is 2.67. The Kier molecular flexibility index (Phi) is 1.65. The van der Waals surface area contributed by atoms with Crippen LogP contribution in [0.1, 0.15) is 18.1 Å². The quantitative estimate of drug-likeness (QED) is 0.623. The van der Waals surface area contributed by atoms with E-state index in [-0.39, 0.29) is 0 Å². The summed E-state index contributed by atoms with van der Waals surface area (Å²) in [7, 11) is 0. The van der Waals surface area contributed by atoms with E-state index in [1.165, 1.54) is 16.5 Å². The lowest BCUT2D eigenvalue weighted by Crippen LogP contribution is -1.84. The van der Waals surface area contributed by atoms with E-state index in [9.17, 15) is 0 Å². The summed E-state index contributed by atoms with van der Waals surface area (Å²) in [5.41, 5.74) is 3.72. The van der Waals surface area contributed by atoms with Crippen molar-refractivity contribution < 1.29 is 4.42 Å². The van der Waals surface area contributed by atoms with Crippen LogP contribution in [-0.4, -0.2) is 0 Å². The van der Waals surface area contributed by atoms with Gasteiger partial charge in [-0.3, -0.25) is 0 Å².